The second-order valence-electron chi connectivity index (χ2n) is 5.33. The number of carbonyl (C=O) groups is 1. The van der Waals surface area contributed by atoms with Crippen LogP contribution in [0.1, 0.15) is 5.56 Å². The van der Waals surface area contributed by atoms with Crippen LogP contribution in [0.25, 0.3) is 0 Å². The van der Waals surface area contributed by atoms with Gasteiger partial charge in [0.05, 0.1) is 19.3 Å². The number of hydrogen-bond acceptors (Lipinski definition) is 4. The predicted molar refractivity (Wildman–Crippen MR) is 95.9 cm³/mol. The van der Waals surface area contributed by atoms with Crippen molar-refractivity contribution in [3.8, 4) is 11.5 Å². The van der Waals surface area contributed by atoms with Crippen molar-refractivity contribution in [2.24, 2.45) is 0 Å². The highest BCUT2D eigenvalue weighted by molar-refractivity contribution is 5.89. The van der Waals surface area contributed by atoms with Crippen molar-refractivity contribution in [3.63, 3.8) is 0 Å². The van der Waals surface area contributed by atoms with E-state index in [9.17, 15) is 4.79 Å². The van der Waals surface area contributed by atoms with Gasteiger partial charge in [-0.05, 0) is 35.9 Å². The van der Waals surface area contributed by atoms with E-state index in [0.717, 1.165) is 5.56 Å². The van der Waals surface area contributed by atoms with E-state index in [4.69, 9.17) is 9.47 Å². The van der Waals surface area contributed by atoms with E-state index in [1.54, 1.807) is 42.6 Å². The summed E-state index contributed by atoms with van der Waals surface area (Å²) in [4.78, 5) is 18.4. The van der Waals surface area contributed by atoms with Crippen molar-refractivity contribution in [1.29, 1.82) is 0 Å². The molecule has 1 aromatic heterocycles. The highest BCUT2D eigenvalue weighted by atomic mass is 16.6. The summed E-state index contributed by atoms with van der Waals surface area (Å²) < 4.78 is 10.8. The molecular weight excluding hydrogens is 316 g/mol. The summed E-state index contributed by atoms with van der Waals surface area (Å²) in [5.41, 5.74) is 1.58. The Hall–Kier alpha value is -3.34. The third-order valence-electron chi connectivity index (χ3n) is 3.60. The predicted octanol–water partition coefficient (Wildman–Crippen LogP) is 4.30. The molecule has 0 radical (unpaired) electrons. The van der Waals surface area contributed by atoms with Gasteiger partial charge in [-0.1, -0.05) is 30.3 Å². The maximum atomic E-state index is 12.8. The van der Waals surface area contributed by atoms with Crippen LogP contribution >= 0.6 is 0 Å². The van der Waals surface area contributed by atoms with Gasteiger partial charge in [0.15, 0.2) is 0 Å². The first-order valence-corrected chi connectivity index (χ1v) is 7.83. The fourth-order valence-electron chi connectivity index (χ4n) is 2.36. The van der Waals surface area contributed by atoms with Crippen molar-refractivity contribution in [2.45, 2.75) is 6.54 Å². The van der Waals surface area contributed by atoms with Crippen LogP contribution in [-0.2, 0) is 6.54 Å². The van der Waals surface area contributed by atoms with Crippen molar-refractivity contribution in [2.75, 3.05) is 12.0 Å². The average molecular weight is 334 g/mol. The van der Waals surface area contributed by atoms with Gasteiger partial charge < -0.3 is 9.47 Å². The Morgan fingerprint density at radius 1 is 1.00 bits per heavy atom. The fourth-order valence-corrected chi connectivity index (χ4v) is 2.36. The average Bonchev–Trinajstić information content (AvgIpc) is 2.67. The first-order chi connectivity index (χ1) is 12.3. The Morgan fingerprint density at radius 3 is 2.52 bits per heavy atom. The molecule has 0 saturated carbocycles. The number of ether oxygens (including phenoxy) is 2. The van der Waals surface area contributed by atoms with Gasteiger partial charge >= 0.3 is 6.09 Å². The van der Waals surface area contributed by atoms with Crippen LogP contribution in [0.2, 0.25) is 0 Å². The molecular formula is C20H18N2O3. The lowest BCUT2D eigenvalue weighted by Gasteiger charge is -2.22. The number of benzene rings is 2. The zero-order valence-corrected chi connectivity index (χ0v) is 13.8. The molecule has 0 bridgehead atoms. The van der Waals surface area contributed by atoms with Gasteiger partial charge in [0.1, 0.15) is 11.5 Å². The van der Waals surface area contributed by atoms with Crippen LogP contribution in [0.4, 0.5) is 10.5 Å². The maximum Gasteiger partial charge on any atom is 0.420 e. The summed E-state index contributed by atoms with van der Waals surface area (Å²) in [6, 6.07) is 20.0. The quantitative estimate of drug-likeness (QED) is 0.698. The Morgan fingerprint density at radius 2 is 1.80 bits per heavy atom. The minimum Gasteiger partial charge on any atom is -0.497 e. The zero-order valence-electron chi connectivity index (χ0n) is 13.8. The van der Waals surface area contributed by atoms with Gasteiger partial charge in [0, 0.05) is 18.5 Å². The third-order valence-corrected chi connectivity index (χ3v) is 3.60. The third kappa shape index (κ3) is 4.35. The van der Waals surface area contributed by atoms with Crippen LogP contribution in [-0.4, -0.2) is 18.2 Å². The van der Waals surface area contributed by atoms with Crippen LogP contribution in [0.5, 0.6) is 11.5 Å². The number of pyridine rings is 1. The van der Waals surface area contributed by atoms with Crippen LogP contribution in [0.3, 0.4) is 0 Å². The number of hydrogen-bond donors (Lipinski definition) is 0. The number of rotatable bonds is 5. The molecule has 0 unspecified atom stereocenters. The normalized spacial score (nSPS) is 10.1. The van der Waals surface area contributed by atoms with Crippen molar-refractivity contribution >= 4 is 11.8 Å². The van der Waals surface area contributed by atoms with E-state index < -0.39 is 6.09 Å². The lowest BCUT2D eigenvalue weighted by atomic mass is 10.2. The Labute approximate surface area is 146 Å². The van der Waals surface area contributed by atoms with Crippen molar-refractivity contribution in [3.05, 3.63) is 84.7 Å². The number of para-hydroxylation sites is 1. The van der Waals surface area contributed by atoms with E-state index in [1.807, 2.05) is 48.5 Å². The highest BCUT2D eigenvalue weighted by Gasteiger charge is 2.19. The molecule has 3 aromatic rings. The van der Waals surface area contributed by atoms with E-state index in [1.165, 1.54) is 0 Å². The molecule has 1 heterocycles. The molecule has 2 aromatic carbocycles. The van der Waals surface area contributed by atoms with E-state index >= 15 is 0 Å². The molecule has 0 fully saturated rings. The zero-order chi connectivity index (χ0) is 17.5. The lowest BCUT2D eigenvalue weighted by Crippen LogP contribution is -2.33. The fraction of sp³-hybridized carbons (Fsp3) is 0.100. The first kappa shape index (κ1) is 16.5. The number of methoxy groups -OCH3 is 1. The summed E-state index contributed by atoms with van der Waals surface area (Å²) in [5, 5.41) is 0. The summed E-state index contributed by atoms with van der Waals surface area (Å²) in [6.07, 6.45) is 2.95. The van der Waals surface area contributed by atoms with Crippen LogP contribution < -0.4 is 14.4 Å². The summed E-state index contributed by atoms with van der Waals surface area (Å²) in [5.74, 6) is 1.16. The molecule has 0 N–H and O–H groups in total. The summed E-state index contributed by atoms with van der Waals surface area (Å²) in [7, 11) is 1.59. The van der Waals surface area contributed by atoms with Crippen molar-refractivity contribution in [1.82, 2.24) is 4.98 Å². The maximum absolute atomic E-state index is 12.8. The molecule has 0 spiro atoms. The summed E-state index contributed by atoms with van der Waals surface area (Å²) in [6.45, 7) is 0.340. The molecule has 0 atom stereocenters. The van der Waals surface area contributed by atoms with Gasteiger partial charge in [0.2, 0.25) is 0 Å². The first-order valence-electron chi connectivity index (χ1n) is 7.83. The number of carbonyl (C=O) groups excluding carboxylic acids is 1. The van der Waals surface area contributed by atoms with E-state index in [-0.39, 0.29) is 0 Å². The van der Waals surface area contributed by atoms with Gasteiger partial charge in [-0.3, -0.25) is 9.88 Å². The van der Waals surface area contributed by atoms with Gasteiger partial charge in [-0.2, -0.15) is 0 Å². The minimum absolute atomic E-state index is 0.340. The molecule has 1 amide bonds. The second-order valence-corrected chi connectivity index (χ2v) is 5.33. The largest absolute Gasteiger partial charge is 0.497 e. The molecule has 3 rings (SSSR count). The molecule has 5 nitrogen and oxygen atoms in total. The number of anilines is 1. The lowest BCUT2D eigenvalue weighted by molar-refractivity contribution is 0.207. The SMILES string of the molecule is COc1cccc(N(Cc2cccnc2)C(=O)Oc2ccccc2)c1. The van der Waals surface area contributed by atoms with Gasteiger partial charge in [-0.25, -0.2) is 4.79 Å². The van der Waals surface area contributed by atoms with Gasteiger partial charge in [-0.15, -0.1) is 0 Å². The molecule has 126 valence electrons. The standard InChI is InChI=1S/C20H18N2O3/c1-24-19-11-5-8-17(13-19)22(15-16-7-6-12-21-14-16)20(23)25-18-9-3-2-4-10-18/h2-14H,15H2,1H3. The van der Waals surface area contributed by atoms with Crippen LogP contribution in [0.15, 0.2) is 79.1 Å². The van der Waals surface area contributed by atoms with Crippen molar-refractivity contribution < 1.29 is 14.3 Å². The van der Waals surface area contributed by atoms with Gasteiger partial charge in [0.25, 0.3) is 0 Å². The van der Waals surface area contributed by atoms with E-state index in [0.29, 0.717) is 23.7 Å². The highest BCUT2D eigenvalue weighted by Crippen LogP contribution is 2.24. The molecule has 0 aliphatic heterocycles. The minimum atomic E-state index is -0.469. The Kier molecular flexibility index (Phi) is 5.26. The Bertz CT molecular complexity index is 823. The summed E-state index contributed by atoms with van der Waals surface area (Å²) >= 11 is 0. The molecule has 5 heteroatoms. The second kappa shape index (κ2) is 7.97. The molecule has 25 heavy (non-hydrogen) atoms. The Balaban J connectivity index is 1.89. The smallest absolute Gasteiger partial charge is 0.420 e. The number of nitrogens with zero attached hydrogens (tertiary/aromatic N) is 2. The monoisotopic (exact) mass is 334 g/mol. The molecule has 0 saturated heterocycles. The molecule has 0 aliphatic carbocycles. The van der Waals surface area contributed by atoms with E-state index in [2.05, 4.69) is 4.98 Å². The number of aromatic nitrogens is 1. The molecule has 0 aliphatic rings. The topological polar surface area (TPSA) is 51.7 Å². The van der Waals surface area contributed by atoms with Crippen LogP contribution in [0, 0.1) is 0 Å². The number of amides is 1.